The molecule has 0 spiro atoms. The molecule has 0 amide bonds. The Balaban J connectivity index is 2.07. The lowest BCUT2D eigenvalue weighted by atomic mass is 9.92. The highest BCUT2D eigenvalue weighted by Crippen LogP contribution is 2.42. The van der Waals surface area contributed by atoms with Gasteiger partial charge in [0.2, 0.25) is 5.88 Å². The van der Waals surface area contributed by atoms with Gasteiger partial charge in [0.15, 0.2) is 0 Å². The van der Waals surface area contributed by atoms with Crippen molar-refractivity contribution in [2.45, 2.75) is 40.2 Å². The highest BCUT2D eigenvalue weighted by molar-refractivity contribution is 5.94. The van der Waals surface area contributed by atoms with Crippen molar-refractivity contribution < 1.29 is 19.4 Å². The molecule has 0 bridgehead atoms. The first-order chi connectivity index (χ1) is 16.8. The maximum atomic E-state index is 11.7. The predicted molar refractivity (Wildman–Crippen MR) is 142 cm³/mol. The third-order valence-electron chi connectivity index (χ3n) is 5.67. The van der Waals surface area contributed by atoms with Crippen molar-refractivity contribution in [2.24, 2.45) is 4.99 Å². The molecule has 0 aliphatic carbocycles. The first-order valence-corrected chi connectivity index (χ1v) is 11.6. The molecular weight excluding hydrogens is 440 g/mol. The van der Waals surface area contributed by atoms with Crippen molar-refractivity contribution in [3.05, 3.63) is 101 Å². The van der Waals surface area contributed by atoms with Gasteiger partial charge in [0.25, 0.3) is 0 Å². The Morgan fingerprint density at radius 2 is 2.06 bits per heavy atom. The molecule has 1 unspecified atom stereocenters. The van der Waals surface area contributed by atoms with Crippen molar-refractivity contribution in [2.75, 3.05) is 12.4 Å². The summed E-state index contributed by atoms with van der Waals surface area (Å²) in [6.07, 6.45) is 8.64. The number of ether oxygens (including phenoxy) is 2. The first-order valence-electron chi connectivity index (χ1n) is 11.6. The van der Waals surface area contributed by atoms with Crippen LogP contribution in [0.5, 0.6) is 5.75 Å². The minimum Gasteiger partial charge on any atom is -0.481 e. The molecule has 3 rings (SSSR count). The summed E-state index contributed by atoms with van der Waals surface area (Å²) in [4.78, 5) is 16.0. The highest BCUT2D eigenvalue weighted by Gasteiger charge is 2.25. The first kappa shape index (κ1) is 25.6. The number of rotatable bonds is 9. The second-order valence-electron chi connectivity index (χ2n) is 8.23. The van der Waals surface area contributed by atoms with Gasteiger partial charge in [0.05, 0.1) is 18.7 Å². The largest absolute Gasteiger partial charge is 0.481 e. The van der Waals surface area contributed by atoms with Gasteiger partial charge in [-0.3, -0.25) is 0 Å². The molecule has 1 atom stereocenters. The van der Waals surface area contributed by atoms with E-state index in [1.54, 1.807) is 24.4 Å². The van der Waals surface area contributed by atoms with Crippen molar-refractivity contribution in [3.63, 3.8) is 0 Å². The van der Waals surface area contributed by atoms with Crippen molar-refractivity contribution in [1.29, 1.82) is 0 Å². The van der Waals surface area contributed by atoms with Crippen LogP contribution in [0.4, 0.5) is 5.69 Å². The van der Waals surface area contributed by atoms with Crippen LogP contribution in [-0.4, -0.2) is 24.4 Å². The maximum Gasteiger partial charge on any atom is 0.337 e. The zero-order valence-electron chi connectivity index (χ0n) is 20.9. The molecule has 1 heterocycles. The van der Waals surface area contributed by atoms with Crippen molar-refractivity contribution in [3.8, 4) is 5.75 Å². The van der Waals surface area contributed by atoms with Crippen LogP contribution in [0.1, 0.15) is 60.3 Å². The SMILES string of the molecule is C=C(N=C/C(=C\C)C1=C/C(=C/CC)c2cc(C)cc(C(C)Nc3ccccc3C(=O)O)c2O1)OC. The Morgan fingerprint density at radius 1 is 1.31 bits per heavy atom. The lowest BCUT2D eigenvalue weighted by Gasteiger charge is -2.27. The number of aryl methyl sites for hydroxylation is 1. The molecule has 0 fully saturated rings. The fraction of sp³-hybridized carbons (Fsp3) is 0.241. The van der Waals surface area contributed by atoms with Gasteiger partial charge >= 0.3 is 5.97 Å². The minimum absolute atomic E-state index is 0.220. The molecule has 2 aromatic rings. The number of anilines is 1. The van der Waals surface area contributed by atoms with Crippen LogP contribution in [0.3, 0.4) is 0 Å². The summed E-state index contributed by atoms with van der Waals surface area (Å²) in [5.41, 5.74) is 5.65. The summed E-state index contributed by atoms with van der Waals surface area (Å²) >= 11 is 0. The summed E-state index contributed by atoms with van der Waals surface area (Å²) in [6.45, 7) is 11.8. The molecule has 0 aromatic heterocycles. The zero-order valence-corrected chi connectivity index (χ0v) is 20.9. The van der Waals surface area contributed by atoms with E-state index in [9.17, 15) is 9.90 Å². The molecule has 35 heavy (non-hydrogen) atoms. The van der Waals surface area contributed by atoms with Crippen molar-refractivity contribution in [1.82, 2.24) is 0 Å². The lowest BCUT2D eigenvalue weighted by Crippen LogP contribution is -2.15. The van der Waals surface area contributed by atoms with E-state index in [1.165, 1.54) is 7.11 Å². The van der Waals surface area contributed by atoms with Crippen molar-refractivity contribution >= 4 is 23.4 Å². The number of carbonyl (C=O) groups is 1. The number of hydrogen-bond donors (Lipinski definition) is 2. The summed E-state index contributed by atoms with van der Waals surface area (Å²) in [5.74, 6) is 0.724. The van der Waals surface area contributed by atoms with Gasteiger partial charge in [-0.25, -0.2) is 9.79 Å². The molecule has 0 saturated carbocycles. The number of nitrogens with zero attached hydrogens (tertiary/aromatic N) is 1. The second kappa shape index (κ2) is 11.4. The molecule has 0 saturated heterocycles. The van der Waals surface area contributed by atoms with E-state index in [1.807, 2.05) is 39.0 Å². The van der Waals surface area contributed by atoms with Crippen LogP contribution in [-0.2, 0) is 4.74 Å². The van der Waals surface area contributed by atoms with Crippen LogP contribution in [0.25, 0.3) is 5.57 Å². The van der Waals surface area contributed by atoms with E-state index >= 15 is 0 Å². The van der Waals surface area contributed by atoms with Gasteiger partial charge in [-0.15, -0.1) is 0 Å². The van der Waals surface area contributed by atoms with Crippen LogP contribution in [0, 0.1) is 6.92 Å². The van der Waals surface area contributed by atoms with E-state index in [0.29, 0.717) is 17.3 Å². The number of aliphatic imine (C=N–C) groups is 1. The lowest BCUT2D eigenvalue weighted by molar-refractivity contribution is 0.0698. The molecule has 182 valence electrons. The van der Waals surface area contributed by atoms with Gasteiger partial charge in [-0.2, -0.15) is 0 Å². The normalized spacial score (nSPS) is 15.3. The molecule has 1 aliphatic heterocycles. The number of carboxylic acid groups (broad SMARTS) is 1. The van der Waals surface area contributed by atoms with E-state index in [-0.39, 0.29) is 11.6 Å². The number of carboxylic acids is 1. The second-order valence-corrected chi connectivity index (χ2v) is 8.23. The Hall–Kier alpha value is -4.06. The molecule has 6 nitrogen and oxygen atoms in total. The maximum absolute atomic E-state index is 11.7. The zero-order chi connectivity index (χ0) is 25.5. The van der Waals surface area contributed by atoms with Crippen LogP contribution < -0.4 is 10.1 Å². The molecule has 0 radical (unpaired) electrons. The summed E-state index contributed by atoms with van der Waals surface area (Å²) in [7, 11) is 1.52. The van der Waals surface area contributed by atoms with Gasteiger partial charge in [-0.05, 0) is 69.2 Å². The van der Waals surface area contributed by atoms with Gasteiger partial charge < -0.3 is 19.9 Å². The number of para-hydroxylation sites is 1. The fourth-order valence-electron chi connectivity index (χ4n) is 3.92. The Kier molecular flexibility index (Phi) is 8.31. The number of allylic oxidation sites excluding steroid dienone is 5. The smallest absolute Gasteiger partial charge is 0.337 e. The number of nitrogens with one attached hydrogen (secondary N) is 1. The Morgan fingerprint density at radius 3 is 2.71 bits per heavy atom. The summed E-state index contributed by atoms with van der Waals surface area (Å²) in [6, 6.07) is 10.9. The monoisotopic (exact) mass is 472 g/mol. The minimum atomic E-state index is -0.976. The van der Waals surface area contributed by atoms with Gasteiger partial charge in [0.1, 0.15) is 11.5 Å². The standard InChI is InChI=1S/C29H32N2O4/c1-7-11-22-16-27(21(8-2)17-30-20(5)34-6)35-28-24(14-18(3)15-25(22)28)19(4)31-26-13-10-9-12-23(26)29(32)33/h8-17,19,31H,5,7H2,1-4,6H3,(H,32,33)/b21-8+,22-11-,30-17?. The van der Waals surface area contributed by atoms with E-state index < -0.39 is 5.97 Å². The summed E-state index contributed by atoms with van der Waals surface area (Å²) < 4.78 is 11.5. The molecule has 6 heteroatoms. The van der Waals surface area contributed by atoms with Gasteiger partial charge in [0, 0.05) is 28.6 Å². The number of fused-ring (bicyclic) bond motifs is 1. The van der Waals surface area contributed by atoms with E-state index in [4.69, 9.17) is 9.47 Å². The van der Waals surface area contributed by atoms with Crippen LogP contribution in [0.2, 0.25) is 0 Å². The van der Waals surface area contributed by atoms with E-state index in [0.717, 1.165) is 40.0 Å². The average molecular weight is 473 g/mol. The highest BCUT2D eigenvalue weighted by atomic mass is 16.5. The topological polar surface area (TPSA) is 80.2 Å². The van der Waals surface area contributed by atoms with E-state index in [2.05, 4.69) is 42.0 Å². The summed E-state index contributed by atoms with van der Waals surface area (Å²) in [5, 5.41) is 13.0. The number of hydrogen-bond acceptors (Lipinski definition) is 5. The Labute approximate surface area is 207 Å². The molecular formula is C29H32N2O4. The van der Waals surface area contributed by atoms with Crippen LogP contribution in [0.15, 0.2) is 83.4 Å². The third kappa shape index (κ3) is 5.90. The fourth-order valence-corrected chi connectivity index (χ4v) is 3.92. The number of benzene rings is 2. The predicted octanol–water partition coefficient (Wildman–Crippen LogP) is 7.07. The van der Waals surface area contributed by atoms with Gasteiger partial charge in [-0.1, -0.05) is 37.3 Å². The van der Waals surface area contributed by atoms with Crippen LogP contribution >= 0.6 is 0 Å². The molecule has 1 aliphatic rings. The average Bonchev–Trinajstić information content (AvgIpc) is 2.84. The Bertz CT molecular complexity index is 1250. The third-order valence-corrected chi connectivity index (χ3v) is 5.67. The number of methoxy groups -OCH3 is 1. The quantitative estimate of drug-likeness (QED) is 0.301. The molecule has 2 N–H and O–H groups in total. The number of aromatic carboxylic acids is 1. The molecule has 2 aromatic carbocycles.